The molecule has 0 bridgehead atoms. The molecule has 0 aliphatic rings. The quantitative estimate of drug-likeness (QED) is 0.703. The molecule has 132 valence electrons. The standard InChI is InChI=1S/C22H18N4O/c1-4-18-20(25-2)19(21(22(24)27)26(18)3)15-11-9-14(10-12-15)17-8-6-5-7-16(17)13-23/h5-12H,4H2,1,3H3,(H2,24,27). The minimum Gasteiger partial charge on any atom is -0.364 e. The molecule has 3 aromatic rings. The second-order valence-corrected chi connectivity index (χ2v) is 6.14. The van der Waals surface area contributed by atoms with Crippen LogP contribution in [0.5, 0.6) is 0 Å². The summed E-state index contributed by atoms with van der Waals surface area (Å²) in [5, 5.41) is 9.30. The summed E-state index contributed by atoms with van der Waals surface area (Å²) in [4.78, 5) is 15.7. The second kappa shape index (κ2) is 7.19. The summed E-state index contributed by atoms with van der Waals surface area (Å²) in [6.45, 7) is 9.53. The van der Waals surface area contributed by atoms with Crippen molar-refractivity contribution in [3.63, 3.8) is 0 Å². The molecule has 0 aliphatic heterocycles. The Kier molecular flexibility index (Phi) is 4.79. The average molecular weight is 354 g/mol. The smallest absolute Gasteiger partial charge is 0.264 e. The molecule has 0 saturated carbocycles. The lowest BCUT2D eigenvalue weighted by atomic mass is 9.96. The molecule has 0 radical (unpaired) electrons. The first-order chi connectivity index (χ1) is 13.0. The lowest BCUT2D eigenvalue weighted by Crippen LogP contribution is -2.17. The van der Waals surface area contributed by atoms with Crippen molar-refractivity contribution in [2.75, 3.05) is 0 Å². The average Bonchev–Trinajstić information content (AvgIpc) is 2.99. The third kappa shape index (κ3) is 2.96. The summed E-state index contributed by atoms with van der Waals surface area (Å²) >= 11 is 0. The van der Waals surface area contributed by atoms with E-state index in [0.29, 0.717) is 28.9 Å². The van der Waals surface area contributed by atoms with Crippen molar-refractivity contribution in [1.29, 1.82) is 5.26 Å². The van der Waals surface area contributed by atoms with Gasteiger partial charge in [0.15, 0.2) is 0 Å². The Morgan fingerprint density at radius 3 is 2.37 bits per heavy atom. The molecule has 5 nitrogen and oxygen atoms in total. The zero-order valence-electron chi connectivity index (χ0n) is 15.2. The van der Waals surface area contributed by atoms with E-state index in [1.165, 1.54) is 0 Å². The predicted molar refractivity (Wildman–Crippen MR) is 105 cm³/mol. The Balaban J connectivity index is 2.18. The van der Waals surface area contributed by atoms with Crippen LogP contribution in [0.15, 0.2) is 48.5 Å². The monoisotopic (exact) mass is 354 g/mol. The highest BCUT2D eigenvalue weighted by Gasteiger charge is 2.24. The molecule has 1 heterocycles. The van der Waals surface area contributed by atoms with Gasteiger partial charge in [-0.15, -0.1) is 0 Å². The molecule has 3 rings (SSSR count). The molecular weight excluding hydrogens is 336 g/mol. The highest BCUT2D eigenvalue weighted by Crippen LogP contribution is 2.40. The zero-order valence-corrected chi connectivity index (χ0v) is 15.2. The number of aromatic nitrogens is 1. The Hall–Kier alpha value is -3.83. The van der Waals surface area contributed by atoms with Gasteiger partial charge in [0.2, 0.25) is 5.69 Å². The number of amides is 1. The number of nitrogens with two attached hydrogens (primary N) is 1. The number of hydrogen-bond acceptors (Lipinski definition) is 2. The lowest BCUT2D eigenvalue weighted by molar-refractivity contribution is 0.0993. The third-order valence-corrected chi connectivity index (χ3v) is 4.70. The molecule has 2 aromatic carbocycles. The Morgan fingerprint density at radius 1 is 1.19 bits per heavy atom. The summed E-state index contributed by atoms with van der Waals surface area (Å²) in [7, 11) is 1.76. The number of nitrogens with zero attached hydrogens (tertiary/aromatic N) is 3. The Morgan fingerprint density at radius 2 is 1.81 bits per heavy atom. The Bertz CT molecular complexity index is 1110. The van der Waals surface area contributed by atoms with Crippen molar-refractivity contribution < 1.29 is 4.79 Å². The molecule has 0 aliphatic carbocycles. The summed E-state index contributed by atoms with van der Waals surface area (Å²) in [5.41, 5.74) is 10.8. The van der Waals surface area contributed by atoms with E-state index in [-0.39, 0.29) is 0 Å². The fourth-order valence-electron chi connectivity index (χ4n) is 3.45. The second-order valence-electron chi connectivity index (χ2n) is 6.14. The van der Waals surface area contributed by atoms with Crippen molar-refractivity contribution in [3.05, 3.63) is 76.9 Å². The maximum Gasteiger partial charge on any atom is 0.264 e. The van der Waals surface area contributed by atoms with E-state index in [1.54, 1.807) is 17.7 Å². The molecular formula is C22H18N4O. The lowest BCUT2D eigenvalue weighted by Gasteiger charge is -2.08. The maximum atomic E-state index is 12.0. The predicted octanol–water partition coefficient (Wildman–Crippen LogP) is 4.44. The van der Waals surface area contributed by atoms with Gasteiger partial charge < -0.3 is 10.3 Å². The molecule has 0 spiro atoms. The van der Waals surface area contributed by atoms with Crippen LogP contribution in [-0.2, 0) is 13.5 Å². The maximum absolute atomic E-state index is 12.0. The normalized spacial score (nSPS) is 10.2. The fourth-order valence-corrected chi connectivity index (χ4v) is 3.45. The third-order valence-electron chi connectivity index (χ3n) is 4.70. The van der Waals surface area contributed by atoms with Crippen LogP contribution < -0.4 is 5.73 Å². The van der Waals surface area contributed by atoms with Crippen molar-refractivity contribution in [2.45, 2.75) is 13.3 Å². The van der Waals surface area contributed by atoms with Crippen LogP contribution in [0.3, 0.4) is 0 Å². The number of carbonyl (C=O) groups excluding carboxylic acids is 1. The SMILES string of the molecule is [C-]#[N+]c1c(-c2ccc(-c3ccccc3C#N)cc2)c(C(N)=O)n(C)c1CC. The van der Waals surface area contributed by atoms with E-state index in [1.807, 2.05) is 49.4 Å². The number of nitriles is 1. The van der Waals surface area contributed by atoms with E-state index in [0.717, 1.165) is 22.4 Å². The fraction of sp³-hybridized carbons (Fsp3) is 0.136. The molecule has 2 N–H and O–H groups in total. The van der Waals surface area contributed by atoms with Crippen LogP contribution in [-0.4, -0.2) is 10.5 Å². The van der Waals surface area contributed by atoms with Gasteiger partial charge in [-0.05, 0) is 29.2 Å². The summed E-state index contributed by atoms with van der Waals surface area (Å²) in [6.07, 6.45) is 0.627. The largest absolute Gasteiger partial charge is 0.364 e. The molecule has 5 heteroatoms. The van der Waals surface area contributed by atoms with Gasteiger partial charge in [0.25, 0.3) is 5.91 Å². The van der Waals surface area contributed by atoms with Crippen molar-refractivity contribution in [1.82, 2.24) is 4.57 Å². The number of hydrogen-bond donors (Lipinski definition) is 1. The zero-order chi connectivity index (χ0) is 19.6. The highest BCUT2D eigenvalue weighted by molar-refractivity contribution is 6.03. The number of benzene rings is 2. The van der Waals surface area contributed by atoms with E-state index in [4.69, 9.17) is 12.3 Å². The first kappa shape index (κ1) is 18.0. The number of rotatable bonds is 4. The van der Waals surface area contributed by atoms with Gasteiger partial charge >= 0.3 is 0 Å². The molecule has 1 aromatic heterocycles. The van der Waals surface area contributed by atoms with E-state index >= 15 is 0 Å². The van der Waals surface area contributed by atoms with Crippen LogP contribution in [0.25, 0.3) is 27.1 Å². The van der Waals surface area contributed by atoms with Gasteiger partial charge in [-0.2, -0.15) is 5.26 Å². The van der Waals surface area contributed by atoms with Crippen LogP contribution in [0.2, 0.25) is 0 Å². The van der Waals surface area contributed by atoms with Crippen LogP contribution in [0, 0.1) is 17.9 Å². The molecule has 1 amide bonds. The van der Waals surface area contributed by atoms with E-state index < -0.39 is 5.91 Å². The summed E-state index contributed by atoms with van der Waals surface area (Å²) in [5.74, 6) is -0.559. The van der Waals surface area contributed by atoms with Crippen molar-refractivity contribution in [3.8, 4) is 28.3 Å². The van der Waals surface area contributed by atoms with Gasteiger partial charge in [-0.3, -0.25) is 4.79 Å². The van der Waals surface area contributed by atoms with Gasteiger partial charge in [-0.25, -0.2) is 4.85 Å². The van der Waals surface area contributed by atoms with Crippen LogP contribution in [0.4, 0.5) is 5.69 Å². The molecule has 0 fully saturated rings. The van der Waals surface area contributed by atoms with Gasteiger partial charge in [-0.1, -0.05) is 49.4 Å². The first-order valence-corrected chi connectivity index (χ1v) is 8.52. The molecule has 0 unspecified atom stereocenters. The summed E-state index contributed by atoms with van der Waals surface area (Å²) < 4.78 is 1.71. The summed E-state index contributed by atoms with van der Waals surface area (Å²) in [6, 6.07) is 17.1. The topological polar surface area (TPSA) is 76.2 Å². The van der Waals surface area contributed by atoms with E-state index in [9.17, 15) is 10.1 Å². The Labute approximate surface area is 158 Å². The minimum atomic E-state index is -0.559. The van der Waals surface area contributed by atoms with Gasteiger partial charge in [0.1, 0.15) is 5.69 Å². The molecule has 0 saturated heterocycles. The minimum absolute atomic E-state index is 0.336. The number of primary amides is 1. The number of carbonyl (C=O) groups is 1. The molecule has 0 atom stereocenters. The highest BCUT2D eigenvalue weighted by atomic mass is 16.1. The van der Waals surface area contributed by atoms with E-state index in [2.05, 4.69) is 10.9 Å². The first-order valence-electron chi connectivity index (χ1n) is 8.52. The van der Waals surface area contributed by atoms with Gasteiger partial charge in [0, 0.05) is 18.3 Å². The molecule has 27 heavy (non-hydrogen) atoms. The van der Waals surface area contributed by atoms with Crippen LogP contribution >= 0.6 is 0 Å². The van der Waals surface area contributed by atoms with Crippen molar-refractivity contribution in [2.24, 2.45) is 12.8 Å². The van der Waals surface area contributed by atoms with Gasteiger partial charge in [0.05, 0.1) is 18.2 Å². The van der Waals surface area contributed by atoms with Crippen molar-refractivity contribution >= 4 is 11.6 Å². The van der Waals surface area contributed by atoms with Crippen LogP contribution in [0.1, 0.15) is 28.7 Å².